The number of aromatic amines is 1. The van der Waals surface area contributed by atoms with E-state index in [0.717, 1.165) is 27.6 Å². The molecule has 0 spiro atoms. The van der Waals surface area contributed by atoms with Crippen LogP contribution in [0.25, 0.3) is 33.2 Å². The van der Waals surface area contributed by atoms with Crippen LogP contribution in [0.3, 0.4) is 0 Å². The largest absolute Gasteiger partial charge is 0.478 e. The zero-order valence-electron chi connectivity index (χ0n) is 18.2. The van der Waals surface area contributed by atoms with E-state index in [1.165, 1.54) is 6.07 Å². The van der Waals surface area contributed by atoms with E-state index < -0.39 is 5.97 Å². The number of nitrogens with one attached hydrogen (secondary N) is 2. The fourth-order valence-corrected chi connectivity index (χ4v) is 4.27. The van der Waals surface area contributed by atoms with E-state index in [4.69, 9.17) is 4.42 Å². The highest BCUT2D eigenvalue weighted by Crippen LogP contribution is 2.33. The Kier molecular flexibility index (Phi) is 4.98. The zero-order chi connectivity index (χ0) is 23.1. The van der Waals surface area contributed by atoms with E-state index in [0.29, 0.717) is 22.4 Å². The molecule has 0 aliphatic rings. The molecule has 33 heavy (non-hydrogen) atoms. The van der Waals surface area contributed by atoms with E-state index in [2.05, 4.69) is 10.3 Å². The van der Waals surface area contributed by atoms with Crippen LogP contribution in [-0.2, 0) is 0 Å². The molecule has 5 rings (SSSR count). The SMILES string of the molecule is Cc1cc(C(C)Nc2ccccc2C(=O)O)c2oc(-c3c[nH]c4ccccc34)cc(=O)c2c1. The van der Waals surface area contributed by atoms with Gasteiger partial charge in [-0.25, -0.2) is 4.79 Å². The molecule has 5 aromatic rings. The Bertz CT molecular complexity index is 1580. The van der Waals surface area contributed by atoms with Crippen molar-refractivity contribution in [2.45, 2.75) is 19.9 Å². The Hall–Kier alpha value is -4.32. The Balaban J connectivity index is 1.66. The van der Waals surface area contributed by atoms with Gasteiger partial charge in [0.1, 0.15) is 11.3 Å². The number of aromatic carboxylic acids is 1. The van der Waals surface area contributed by atoms with Gasteiger partial charge in [-0.15, -0.1) is 0 Å². The van der Waals surface area contributed by atoms with Gasteiger partial charge in [-0.1, -0.05) is 36.4 Å². The quantitative estimate of drug-likeness (QED) is 0.307. The first-order valence-corrected chi connectivity index (χ1v) is 10.7. The number of benzene rings is 3. The molecular formula is C27H22N2O4. The van der Waals surface area contributed by atoms with E-state index in [-0.39, 0.29) is 17.0 Å². The summed E-state index contributed by atoms with van der Waals surface area (Å²) in [4.78, 5) is 27.9. The lowest BCUT2D eigenvalue weighted by molar-refractivity contribution is 0.0698. The van der Waals surface area contributed by atoms with E-state index in [9.17, 15) is 14.7 Å². The van der Waals surface area contributed by atoms with Crippen LogP contribution in [0, 0.1) is 6.92 Å². The van der Waals surface area contributed by atoms with Crippen molar-refractivity contribution in [2.24, 2.45) is 0 Å². The van der Waals surface area contributed by atoms with E-state index in [1.807, 2.05) is 56.4 Å². The Morgan fingerprint density at radius 1 is 1.03 bits per heavy atom. The van der Waals surface area contributed by atoms with Gasteiger partial charge in [-0.3, -0.25) is 4.79 Å². The number of carboxylic acid groups (broad SMARTS) is 1. The Labute approximate surface area is 189 Å². The summed E-state index contributed by atoms with van der Waals surface area (Å²) in [5.41, 5.74) is 4.52. The number of hydrogen-bond donors (Lipinski definition) is 3. The highest BCUT2D eigenvalue weighted by molar-refractivity contribution is 5.96. The van der Waals surface area contributed by atoms with Gasteiger partial charge in [0.15, 0.2) is 5.43 Å². The van der Waals surface area contributed by atoms with Crippen molar-refractivity contribution in [1.82, 2.24) is 4.98 Å². The molecular weight excluding hydrogens is 416 g/mol. The number of rotatable bonds is 5. The smallest absolute Gasteiger partial charge is 0.337 e. The van der Waals surface area contributed by atoms with Gasteiger partial charge in [0, 0.05) is 40.0 Å². The van der Waals surface area contributed by atoms with Crippen molar-refractivity contribution in [3.63, 3.8) is 0 Å². The molecule has 0 bridgehead atoms. The molecule has 3 N–H and O–H groups in total. The average molecular weight is 438 g/mol. The number of aromatic nitrogens is 1. The third-order valence-corrected chi connectivity index (χ3v) is 5.85. The van der Waals surface area contributed by atoms with Crippen molar-refractivity contribution < 1.29 is 14.3 Å². The lowest BCUT2D eigenvalue weighted by atomic mass is 10.00. The van der Waals surface area contributed by atoms with E-state index >= 15 is 0 Å². The molecule has 0 saturated carbocycles. The number of fused-ring (bicyclic) bond motifs is 2. The fourth-order valence-electron chi connectivity index (χ4n) is 4.27. The number of para-hydroxylation sites is 2. The second-order valence-corrected chi connectivity index (χ2v) is 8.17. The second kappa shape index (κ2) is 7.98. The third kappa shape index (κ3) is 3.65. The molecule has 2 aromatic heterocycles. The number of carbonyl (C=O) groups is 1. The van der Waals surface area contributed by atoms with Gasteiger partial charge in [0.2, 0.25) is 0 Å². The summed E-state index contributed by atoms with van der Waals surface area (Å²) in [5, 5.41) is 14.3. The van der Waals surface area contributed by atoms with Crippen LogP contribution < -0.4 is 10.7 Å². The molecule has 2 heterocycles. The standard InChI is InChI=1S/C27H22N2O4/c1-15-11-19(16(2)29-23-10-6-4-8-18(23)27(31)32)26-20(12-15)24(30)13-25(33-26)21-14-28-22-9-5-3-7-17(21)22/h3-14,16,28-29H,1-2H3,(H,31,32). The second-order valence-electron chi connectivity index (χ2n) is 8.17. The van der Waals surface area contributed by atoms with Gasteiger partial charge >= 0.3 is 5.97 Å². The predicted molar refractivity (Wildman–Crippen MR) is 130 cm³/mol. The number of carboxylic acids is 1. The fraction of sp³-hybridized carbons (Fsp3) is 0.111. The van der Waals surface area contributed by atoms with Crippen molar-refractivity contribution >= 4 is 33.5 Å². The van der Waals surface area contributed by atoms with Gasteiger partial charge in [-0.05, 0) is 43.7 Å². The van der Waals surface area contributed by atoms with Crippen LogP contribution in [0.15, 0.2) is 82.1 Å². The van der Waals surface area contributed by atoms with Crippen LogP contribution in [0.4, 0.5) is 5.69 Å². The molecule has 0 amide bonds. The molecule has 6 nitrogen and oxygen atoms in total. The monoisotopic (exact) mass is 438 g/mol. The van der Waals surface area contributed by atoms with Crippen molar-refractivity contribution in [3.8, 4) is 11.3 Å². The van der Waals surface area contributed by atoms with Crippen LogP contribution in [0.1, 0.15) is 34.5 Å². The molecule has 0 aliphatic heterocycles. The normalized spacial score (nSPS) is 12.2. The van der Waals surface area contributed by atoms with Crippen LogP contribution in [0.2, 0.25) is 0 Å². The molecule has 6 heteroatoms. The lowest BCUT2D eigenvalue weighted by Crippen LogP contribution is -2.12. The first-order valence-electron chi connectivity index (χ1n) is 10.7. The van der Waals surface area contributed by atoms with Gasteiger partial charge in [0.05, 0.1) is 17.0 Å². The topological polar surface area (TPSA) is 95.3 Å². The minimum absolute atomic E-state index is 0.125. The summed E-state index contributed by atoms with van der Waals surface area (Å²) in [5.74, 6) is -0.527. The first-order chi connectivity index (χ1) is 15.9. The Morgan fingerprint density at radius 3 is 2.61 bits per heavy atom. The maximum atomic E-state index is 13.1. The highest BCUT2D eigenvalue weighted by atomic mass is 16.4. The molecule has 0 radical (unpaired) electrons. The minimum Gasteiger partial charge on any atom is -0.478 e. The molecule has 0 saturated heterocycles. The third-order valence-electron chi connectivity index (χ3n) is 5.85. The van der Waals surface area contributed by atoms with Crippen molar-refractivity contribution in [3.05, 3.63) is 99.8 Å². The summed E-state index contributed by atoms with van der Waals surface area (Å²) < 4.78 is 6.34. The van der Waals surface area contributed by atoms with E-state index in [1.54, 1.807) is 24.3 Å². The average Bonchev–Trinajstić information content (AvgIpc) is 3.23. The summed E-state index contributed by atoms with van der Waals surface area (Å²) in [7, 11) is 0. The zero-order valence-corrected chi connectivity index (χ0v) is 18.2. The number of aryl methyl sites for hydroxylation is 1. The van der Waals surface area contributed by atoms with Crippen LogP contribution in [-0.4, -0.2) is 16.1 Å². The highest BCUT2D eigenvalue weighted by Gasteiger charge is 2.19. The van der Waals surface area contributed by atoms with Gasteiger partial charge in [0.25, 0.3) is 0 Å². The maximum Gasteiger partial charge on any atom is 0.337 e. The number of anilines is 1. The first kappa shape index (κ1) is 20.6. The molecule has 1 atom stereocenters. The molecule has 0 fully saturated rings. The number of hydrogen-bond acceptors (Lipinski definition) is 4. The summed E-state index contributed by atoms with van der Waals surface area (Å²) >= 11 is 0. The lowest BCUT2D eigenvalue weighted by Gasteiger charge is -2.19. The van der Waals surface area contributed by atoms with Gasteiger partial charge in [-0.2, -0.15) is 0 Å². The summed E-state index contributed by atoms with van der Waals surface area (Å²) in [6.07, 6.45) is 1.84. The minimum atomic E-state index is -1.01. The van der Waals surface area contributed by atoms with Crippen molar-refractivity contribution in [1.29, 1.82) is 0 Å². The summed E-state index contributed by atoms with van der Waals surface area (Å²) in [6, 6.07) is 19.6. The predicted octanol–water partition coefficient (Wildman–Crippen LogP) is 6.12. The molecule has 0 aliphatic carbocycles. The molecule has 1 unspecified atom stereocenters. The van der Waals surface area contributed by atoms with Crippen molar-refractivity contribution in [2.75, 3.05) is 5.32 Å². The maximum absolute atomic E-state index is 13.1. The molecule has 164 valence electrons. The summed E-state index contributed by atoms with van der Waals surface area (Å²) in [6.45, 7) is 3.85. The van der Waals surface area contributed by atoms with Gasteiger partial charge < -0.3 is 19.8 Å². The van der Waals surface area contributed by atoms with Crippen LogP contribution in [0.5, 0.6) is 0 Å². The Morgan fingerprint density at radius 2 is 1.79 bits per heavy atom. The number of H-pyrrole nitrogens is 1. The van der Waals surface area contributed by atoms with Crippen LogP contribution >= 0.6 is 0 Å². The molecule has 3 aromatic carbocycles.